The summed E-state index contributed by atoms with van der Waals surface area (Å²) >= 11 is 0. The molecule has 3 N–H and O–H groups in total. The third-order valence-corrected chi connectivity index (χ3v) is 5.17. The molecule has 2 fully saturated rings. The second-order valence-electron chi connectivity index (χ2n) is 6.95. The van der Waals surface area contributed by atoms with Crippen LogP contribution in [0.4, 0.5) is 4.39 Å². The van der Waals surface area contributed by atoms with E-state index in [1.165, 1.54) is 25.0 Å². The lowest BCUT2D eigenvalue weighted by atomic mass is 10.0. The van der Waals surface area contributed by atoms with Gasteiger partial charge in [0.05, 0.1) is 0 Å². The van der Waals surface area contributed by atoms with Gasteiger partial charge in [-0.2, -0.15) is 0 Å². The van der Waals surface area contributed by atoms with E-state index in [2.05, 4.69) is 10.3 Å². The molecule has 0 bridgehead atoms. The first kappa shape index (κ1) is 15.2. The zero-order valence-corrected chi connectivity index (χ0v) is 13.1. The Kier molecular flexibility index (Phi) is 3.55. The molecule has 24 heavy (non-hydrogen) atoms. The van der Waals surface area contributed by atoms with E-state index in [1.807, 2.05) is 0 Å². The van der Waals surface area contributed by atoms with Gasteiger partial charge in [0.15, 0.2) is 0 Å². The van der Waals surface area contributed by atoms with Crippen molar-refractivity contribution in [3.05, 3.63) is 35.8 Å². The van der Waals surface area contributed by atoms with Gasteiger partial charge in [-0.3, -0.25) is 4.79 Å². The Morgan fingerprint density at radius 3 is 2.88 bits per heavy atom. The first-order valence-electron chi connectivity index (χ1n) is 8.31. The Balaban J connectivity index is 1.46. The molecule has 2 aliphatic rings. The summed E-state index contributed by atoms with van der Waals surface area (Å²) < 4.78 is 13.2. The number of rotatable bonds is 6. The number of H-pyrrole nitrogens is 1. The third-order valence-electron chi connectivity index (χ3n) is 5.17. The number of carboxylic acids is 1. The van der Waals surface area contributed by atoms with Gasteiger partial charge in [-0.05, 0) is 54.9 Å². The topological polar surface area (TPSA) is 82.2 Å². The summed E-state index contributed by atoms with van der Waals surface area (Å²) in [5.41, 5.74) is 1.38. The fourth-order valence-electron chi connectivity index (χ4n) is 3.59. The first-order valence-corrected chi connectivity index (χ1v) is 8.31. The molecule has 6 heteroatoms. The summed E-state index contributed by atoms with van der Waals surface area (Å²) in [5.74, 6) is -0.438. The first-order chi connectivity index (χ1) is 11.5. The highest BCUT2D eigenvalue weighted by Crippen LogP contribution is 2.54. The highest BCUT2D eigenvalue weighted by Gasteiger charge is 2.51. The number of benzene rings is 1. The van der Waals surface area contributed by atoms with Gasteiger partial charge in [0.1, 0.15) is 11.9 Å². The van der Waals surface area contributed by atoms with Crippen LogP contribution >= 0.6 is 0 Å². The summed E-state index contributed by atoms with van der Waals surface area (Å²) in [6, 6.07) is 3.37. The number of carbonyl (C=O) groups is 2. The maximum atomic E-state index is 13.2. The fourth-order valence-corrected chi connectivity index (χ4v) is 3.59. The second kappa shape index (κ2) is 5.61. The number of aromatic amines is 1. The van der Waals surface area contributed by atoms with Crippen LogP contribution in [0.2, 0.25) is 0 Å². The van der Waals surface area contributed by atoms with Crippen LogP contribution in [0.3, 0.4) is 0 Å². The Morgan fingerprint density at radius 1 is 1.38 bits per heavy atom. The summed E-state index contributed by atoms with van der Waals surface area (Å²) in [5, 5.41) is 12.9. The quantitative estimate of drug-likeness (QED) is 0.761. The Labute approximate surface area is 138 Å². The molecule has 4 rings (SSSR count). The minimum atomic E-state index is -1.05. The molecule has 0 saturated heterocycles. The number of fused-ring (bicyclic) bond motifs is 1. The van der Waals surface area contributed by atoms with Crippen LogP contribution in [0.25, 0.3) is 10.9 Å². The van der Waals surface area contributed by atoms with E-state index in [1.54, 1.807) is 12.3 Å². The lowest BCUT2D eigenvalue weighted by Gasteiger charge is -2.14. The van der Waals surface area contributed by atoms with E-state index in [4.69, 9.17) is 0 Å². The zero-order chi connectivity index (χ0) is 16.8. The molecule has 2 aliphatic carbocycles. The van der Waals surface area contributed by atoms with E-state index in [-0.39, 0.29) is 24.1 Å². The molecular formula is C18H19FN2O3. The van der Waals surface area contributed by atoms with Crippen LogP contribution < -0.4 is 5.32 Å². The van der Waals surface area contributed by atoms with Gasteiger partial charge in [0, 0.05) is 29.4 Å². The smallest absolute Gasteiger partial charge is 0.326 e. The van der Waals surface area contributed by atoms with Crippen LogP contribution in [0, 0.1) is 23.6 Å². The van der Waals surface area contributed by atoms with Gasteiger partial charge in [0.25, 0.3) is 0 Å². The molecule has 2 saturated carbocycles. The lowest BCUT2D eigenvalue weighted by molar-refractivity contribution is -0.142. The van der Waals surface area contributed by atoms with Crippen LogP contribution in [-0.4, -0.2) is 28.0 Å². The maximum Gasteiger partial charge on any atom is 0.326 e. The SMILES string of the molecule is O=C(O)[C@H](Cc1c[nH]c2cc(F)ccc12)NC(=O)[C@H]1C[C@H]1C1CC1. The van der Waals surface area contributed by atoms with Crippen molar-refractivity contribution in [1.82, 2.24) is 10.3 Å². The third kappa shape index (κ3) is 2.88. The number of amides is 1. The Hall–Kier alpha value is -2.37. The van der Waals surface area contributed by atoms with E-state index in [0.717, 1.165) is 17.4 Å². The van der Waals surface area contributed by atoms with E-state index >= 15 is 0 Å². The molecule has 1 amide bonds. The molecule has 1 heterocycles. The van der Waals surface area contributed by atoms with E-state index in [0.29, 0.717) is 17.4 Å². The van der Waals surface area contributed by atoms with Crippen molar-refractivity contribution in [3.63, 3.8) is 0 Å². The van der Waals surface area contributed by atoms with Crippen molar-refractivity contribution in [2.24, 2.45) is 17.8 Å². The monoisotopic (exact) mass is 330 g/mol. The van der Waals surface area contributed by atoms with Crippen molar-refractivity contribution >= 4 is 22.8 Å². The minimum Gasteiger partial charge on any atom is -0.480 e. The molecule has 0 spiro atoms. The van der Waals surface area contributed by atoms with Gasteiger partial charge < -0.3 is 15.4 Å². The van der Waals surface area contributed by atoms with Gasteiger partial charge in [-0.15, -0.1) is 0 Å². The summed E-state index contributed by atoms with van der Waals surface area (Å²) in [4.78, 5) is 26.8. The van der Waals surface area contributed by atoms with Crippen molar-refractivity contribution in [2.45, 2.75) is 31.7 Å². The van der Waals surface area contributed by atoms with Crippen LogP contribution in [0.5, 0.6) is 0 Å². The highest BCUT2D eigenvalue weighted by atomic mass is 19.1. The molecular weight excluding hydrogens is 311 g/mol. The van der Waals surface area contributed by atoms with Gasteiger partial charge in [-0.25, -0.2) is 9.18 Å². The zero-order valence-electron chi connectivity index (χ0n) is 13.1. The average Bonchev–Trinajstić information content (AvgIpc) is 3.42. The van der Waals surface area contributed by atoms with Crippen molar-refractivity contribution in [3.8, 4) is 0 Å². The molecule has 0 radical (unpaired) electrons. The number of carboxylic acid groups (broad SMARTS) is 1. The number of aliphatic carboxylic acids is 1. The second-order valence-corrected chi connectivity index (χ2v) is 6.95. The Bertz CT molecular complexity index is 812. The molecule has 5 nitrogen and oxygen atoms in total. The molecule has 0 aliphatic heterocycles. The molecule has 3 atom stereocenters. The predicted octanol–water partition coefficient (Wildman–Crippen LogP) is 2.47. The molecule has 1 aromatic carbocycles. The normalized spacial score (nSPS) is 23.9. The van der Waals surface area contributed by atoms with Gasteiger partial charge in [-0.1, -0.05) is 0 Å². The standard InChI is InChI=1S/C18H19FN2O3/c19-11-3-4-12-10(8-20-15(12)6-11)5-16(18(23)24)21-17(22)14-7-13(14)9-1-2-9/h3-4,6,8-9,13-14,16,20H,1-2,5,7H2,(H,21,22)(H,23,24)/t13-,14-,16-/m0/s1. The van der Waals surface area contributed by atoms with Crippen LogP contribution in [-0.2, 0) is 16.0 Å². The van der Waals surface area contributed by atoms with Gasteiger partial charge in [0.2, 0.25) is 5.91 Å². The molecule has 0 unspecified atom stereocenters. The van der Waals surface area contributed by atoms with Gasteiger partial charge >= 0.3 is 5.97 Å². The van der Waals surface area contributed by atoms with Crippen LogP contribution in [0.1, 0.15) is 24.8 Å². The van der Waals surface area contributed by atoms with Crippen molar-refractivity contribution < 1.29 is 19.1 Å². The summed E-state index contributed by atoms with van der Waals surface area (Å²) in [7, 11) is 0. The molecule has 1 aromatic heterocycles. The predicted molar refractivity (Wildman–Crippen MR) is 85.8 cm³/mol. The fraction of sp³-hybridized carbons (Fsp3) is 0.444. The number of hydrogen-bond donors (Lipinski definition) is 3. The Morgan fingerprint density at radius 2 is 2.17 bits per heavy atom. The van der Waals surface area contributed by atoms with Crippen LogP contribution in [0.15, 0.2) is 24.4 Å². The number of halogens is 1. The van der Waals surface area contributed by atoms with E-state index in [9.17, 15) is 19.1 Å². The van der Waals surface area contributed by atoms with Crippen molar-refractivity contribution in [1.29, 1.82) is 0 Å². The summed E-state index contributed by atoms with van der Waals surface area (Å²) in [6.45, 7) is 0. The number of nitrogens with one attached hydrogen (secondary N) is 2. The summed E-state index contributed by atoms with van der Waals surface area (Å²) in [6.07, 6.45) is 5.13. The molecule has 126 valence electrons. The van der Waals surface area contributed by atoms with E-state index < -0.39 is 12.0 Å². The average molecular weight is 330 g/mol. The largest absolute Gasteiger partial charge is 0.480 e. The number of hydrogen-bond acceptors (Lipinski definition) is 2. The number of aromatic nitrogens is 1. The number of carbonyl (C=O) groups excluding carboxylic acids is 1. The molecule has 2 aromatic rings. The maximum absolute atomic E-state index is 13.2. The minimum absolute atomic E-state index is 0.0172. The highest BCUT2D eigenvalue weighted by molar-refractivity contribution is 5.88. The van der Waals surface area contributed by atoms with Crippen molar-refractivity contribution in [2.75, 3.05) is 0 Å². The lowest BCUT2D eigenvalue weighted by Crippen LogP contribution is -2.43.